The van der Waals surface area contributed by atoms with Gasteiger partial charge >= 0.3 is 17.7 Å². The molecule has 1 heterocycles. The van der Waals surface area contributed by atoms with Gasteiger partial charge in [-0.3, -0.25) is 0 Å². The number of nitrogens with two attached hydrogens (primary N) is 1. The van der Waals surface area contributed by atoms with Crippen molar-refractivity contribution in [1.29, 1.82) is 0 Å². The van der Waals surface area contributed by atoms with Crippen molar-refractivity contribution in [2.75, 3.05) is 19.1 Å². The summed E-state index contributed by atoms with van der Waals surface area (Å²) in [6.45, 7) is 4.08. The molecule has 0 spiro atoms. The van der Waals surface area contributed by atoms with Crippen molar-refractivity contribution >= 4 is 6.03 Å². The second-order valence-corrected chi connectivity index (χ2v) is 4.23. The van der Waals surface area contributed by atoms with Crippen molar-refractivity contribution in [3.05, 3.63) is 10.5 Å². The van der Waals surface area contributed by atoms with Crippen LogP contribution in [0.2, 0.25) is 0 Å². The number of nitrogens with one attached hydrogen (secondary N) is 1. The lowest BCUT2D eigenvalue weighted by molar-refractivity contribution is 0.217. The van der Waals surface area contributed by atoms with E-state index in [-0.39, 0.29) is 12.6 Å². The van der Waals surface area contributed by atoms with E-state index in [4.69, 9.17) is 10.6 Å². The summed E-state index contributed by atoms with van der Waals surface area (Å²) in [5, 5.41) is 5.91. The molecule has 3 N–H and O–H groups in total. The van der Waals surface area contributed by atoms with Gasteiger partial charge in [0.25, 0.3) is 0 Å². The van der Waals surface area contributed by atoms with Gasteiger partial charge in [-0.25, -0.2) is 14.0 Å². The van der Waals surface area contributed by atoms with E-state index >= 15 is 0 Å². The number of rotatable bonds is 4. The van der Waals surface area contributed by atoms with Gasteiger partial charge in [-0.05, 0) is 20.8 Å². The van der Waals surface area contributed by atoms with E-state index in [2.05, 4.69) is 10.4 Å². The molecule has 0 aliphatic rings. The minimum atomic E-state index is -1.10. The third-order valence-corrected chi connectivity index (χ3v) is 2.02. The number of nitrogens with zero attached hydrogens (tertiary/aromatic N) is 3. The molecule has 1 rings (SSSR count). The molecular weight excluding hydrogens is 245 g/mol. The third kappa shape index (κ3) is 2.79. The molecule has 0 saturated carbocycles. The molecule has 102 valence electrons. The molecule has 9 heteroatoms. The second-order valence-electron chi connectivity index (χ2n) is 4.23. The zero-order chi connectivity index (χ0) is 13.9. The second kappa shape index (κ2) is 5.07. The quantitative estimate of drug-likeness (QED) is 0.708. The number of amides is 1. The van der Waals surface area contributed by atoms with Crippen LogP contribution in [0.15, 0.2) is 4.79 Å². The minimum absolute atomic E-state index is 0.185. The van der Waals surface area contributed by atoms with Crippen LogP contribution >= 0.6 is 0 Å². The lowest BCUT2D eigenvalue weighted by atomic mass is 10.1. The summed E-state index contributed by atoms with van der Waals surface area (Å²) in [6, 6.07) is -1.05. The van der Waals surface area contributed by atoms with Gasteiger partial charge in [-0.15, -0.1) is 9.78 Å². The van der Waals surface area contributed by atoms with E-state index in [9.17, 15) is 14.0 Å². The standard InChI is InChI=1S/C9H16FN5O3/c1-4-18-7-13-15(8(17)14(7)11)6(16)12-9(2,3)5-10/h4-5,11H2,1-3H3,(H,12,16). The van der Waals surface area contributed by atoms with Gasteiger partial charge in [-0.2, -0.15) is 4.68 Å². The number of nitrogen functional groups attached to an aromatic ring is 1. The highest BCUT2D eigenvalue weighted by molar-refractivity contribution is 5.76. The maximum atomic E-state index is 12.6. The molecule has 1 aromatic heterocycles. The first-order chi connectivity index (χ1) is 8.32. The fourth-order valence-electron chi connectivity index (χ4n) is 1.10. The molecule has 0 fully saturated rings. The molecular formula is C9H16FN5O3. The van der Waals surface area contributed by atoms with Gasteiger partial charge in [0.05, 0.1) is 12.1 Å². The highest BCUT2D eigenvalue weighted by atomic mass is 19.1. The van der Waals surface area contributed by atoms with Crippen LogP contribution in [0, 0.1) is 0 Å². The number of carbonyl (C=O) groups is 1. The Morgan fingerprint density at radius 2 is 2.22 bits per heavy atom. The number of alkyl halides is 1. The van der Waals surface area contributed by atoms with Gasteiger partial charge in [0, 0.05) is 0 Å². The van der Waals surface area contributed by atoms with Gasteiger partial charge in [0.15, 0.2) is 0 Å². The number of halogens is 1. The maximum absolute atomic E-state index is 12.6. The molecule has 0 aliphatic carbocycles. The lowest BCUT2D eigenvalue weighted by Crippen LogP contribution is -2.50. The van der Waals surface area contributed by atoms with E-state index < -0.39 is 23.9 Å². The fourth-order valence-corrected chi connectivity index (χ4v) is 1.10. The van der Waals surface area contributed by atoms with Crippen molar-refractivity contribution in [2.24, 2.45) is 0 Å². The van der Waals surface area contributed by atoms with Gasteiger partial charge < -0.3 is 15.9 Å². The summed E-state index contributed by atoms with van der Waals surface area (Å²) in [5.41, 5.74) is -1.97. The normalized spacial score (nSPS) is 11.3. The van der Waals surface area contributed by atoms with Crippen LogP contribution in [0.4, 0.5) is 9.18 Å². The Kier molecular flexibility index (Phi) is 3.94. The SMILES string of the molecule is CCOc1nn(C(=O)NC(C)(C)CF)c(=O)n1N. The van der Waals surface area contributed by atoms with Crippen LogP contribution in [0.1, 0.15) is 20.8 Å². The Morgan fingerprint density at radius 1 is 1.61 bits per heavy atom. The Balaban J connectivity index is 3.00. The molecule has 0 bridgehead atoms. The first-order valence-electron chi connectivity index (χ1n) is 5.31. The van der Waals surface area contributed by atoms with E-state index in [1.807, 2.05) is 0 Å². The summed E-state index contributed by atoms with van der Waals surface area (Å²) in [5.74, 6) is 5.37. The number of hydrogen-bond acceptors (Lipinski definition) is 5. The first kappa shape index (κ1) is 14.0. The van der Waals surface area contributed by atoms with E-state index in [0.29, 0.717) is 9.36 Å². The summed E-state index contributed by atoms with van der Waals surface area (Å²) in [4.78, 5) is 23.3. The molecule has 0 atom stereocenters. The van der Waals surface area contributed by atoms with Crippen molar-refractivity contribution < 1.29 is 13.9 Å². The van der Waals surface area contributed by atoms with Crippen LogP contribution in [-0.4, -0.2) is 39.3 Å². The molecule has 0 aliphatic heterocycles. The highest BCUT2D eigenvalue weighted by Crippen LogP contribution is 2.03. The Bertz CT molecular complexity index is 493. The average molecular weight is 261 g/mol. The van der Waals surface area contributed by atoms with E-state index in [0.717, 1.165) is 0 Å². The molecule has 0 radical (unpaired) electrons. The largest absolute Gasteiger partial charge is 0.463 e. The molecule has 1 amide bonds. The summed E-state index contributed by atoms with van der Waals surface area (Å²) in [7, 11) is 0. The number of ether oxygens (including phenoxy) is 1. The van der Waals surface area contributed by atoms with E-state index in [1.165, 1.54) is 13.8 Å². The van der Waals surface area contributed by atoms with Gasteiger partial charge in [-0.1, -0.05) is 0 Å². The summed E-state index contributed by atoms with van der Waals surface area (Å²) in [6.07, 6.45) is 0. The monoisotopic (exact) mass is 261 g/mol. The average Bonchev–Trinajstić information content (AvgIpc) is 2.57. The zero-order valence-corrected chi connectivity index (χ0v) is 10.4. The summed E-state index contributed by atoms with van der Waals surface area (Å²) >= 11 is 0. The van der Waals surface area contributed by atoms with Crippen molar-refractivity contribution in [3.8, 4) is 6.01 Å². The highest BCUT2D eigenvalue weighted by Gasteiger charge is 2.24. The van der Waals surface area contributed by atoms with Crippen LogP contribution in [0.5, 0.6) is 6.01 Å². The molecule has 0 saturated heterocycles. The topological polar surface area (TPSA) is 104 Å². The molecule has 0 unspecified atom stereocenters. The lowest BCUT2D eigenvalue weighted by Gasteiger charge is -2.21. The molecule has 8 nitrogen and oxygen atoms in total. The zero-order valence-electron chi connectivity index (χ0n) is 10.4. The maximum Gasteiger partial charge on any atom is 0.376 e. The van der Waals surface area contributed by atoms with Crippen LogP contribution in [0.3, 0.4) is 0 Å². The summed E-state index contributed by atoms with van der Waals surface area (Å²) < 4.78 is 18.6. The van der Waals surface area contributed by atoms with E-state index in [1.54, 1.807) is 6.92 Å². The van der Waals surface area contributed by atoms with Crippen LogP contribution < -0.4 is 21.6 Å². The number of aromatic nitrogens is 3. The minimum Gasteiger partial charge on any atom is -0.463 e. The van der Waals surface area contributed by atoms with Crippen LogP contribution in [-0.2, 0) is 0 Å². The predicted octanol–water partition coefficient (Wildman–Crippen LogP) is -0.537. The third-order valence-electron chi connectivity index (χ3n) is 2.02. The first-order valence-corrected chi connectivity index (χ1v) is 5.31. The smallest absolute Gasteiger partial charge is 0.376 e. The van der Waals surface area contributed by atoms with Crippen LogP contribution in [0.25, 0.3) is 0 Å². The van der Waals surface area contributed by atoms with Crippen molar-refractivity contribution in [3.63, 3.8) is 0 Å². The molecule has 1 aromatic rings. The predicted molar refractivity (Wildman–Crippen MR) is 61.8 cm³/mol. The molecule has 0 aromatic carbocycles. The van der Waals surface area contributed by atoms with Gasteiger partial charge in [0.2, 0.25) is 0 Å². The van der Waals surface area contributed by atoms with Gasteiger partial charge in [0.1, 0.15) is 6.67 Å². The Hall–Kier alpha value is -2.06. The Labute approximate surface area is 102 Å². The van der Waals surface area contributed by atoms with Crippen molar-refractivity contribution in [2.45, 2.75) is 26.3 Å². The van der Waals surface area contributed by atoms with Crippen molar-refractivity contribution in [1.82, 2.24) is 19.8 Å². The fraction of sp³-hybridized carbons (Fsp3) is 0.667. The number of hydrogen-bond donors (Lipinski definition) is 2. The number of carbonyl (C=O) groups excluding carboxylic acids is 1. The molecule has 18 heavy (non-hydrogen) atoms. The Morgan fingerprint density at radius 3 is 2.72 bits per heavy atom.